The van der Waals surface area contributed by atoms with Crippen molar-refractivity contribution in [1.82, 2.24) is 10.2 Å². The van der Waals surface area contributed by atoms with Gasteiger partial charge in [-0.2, -0.15) is 0 Å². The van der Waals surface area contributed by atoms with Crippen LogP contribution in [0.3, 0.4) is 0 Å². The Morgan fingerprint density at radius 2 is 2.41 bits per heavy atom. The maximum atomic E-state index is 11.6. The smallest absolute Gasteiger partial charge is 0.323 e. The molecule has 0 aromatic rings. The molecule has 100 valence electrons. The summed E-state index contributed by atoms with van der Waals surface area (Å²) in [6, 6.07) is 0.230. The van der Waals surface area contributed by atoms with Crippen molar-refractivity contribution in [3.8, 4) is 0 Å². The molecule has 5 heteroatoms. The number of rotatable bonds is 6. The second-order valence-electron chi connectivity index (χ2n) is 4.34. The summed E-state index contributed by atoms with van der Waals surface area (Å²) in [5, 5.41) is 3.01. The maximum absolute atomic E-state index is 11.6. The average Bonchev–Trinajstić information content (AvgIpc) is 2.32. The summed E-state index contributed by atoms with van der Waals surface area (Å²) in [6.07, 6.45) is 0.777. The van der Waals surface area contributed by atoms with E-state index in [0.717, 1.165) is 32.7 Å². The number of nitrogens with zero attached hydrogens (tertiary/aromatic N) is 1. The highest BCUT2D eigenvalue weighted by molar-refractivity contribution is 5.75. The molecule has 1 fully saturated rings. The van der Waals surface area contributed by atoms with Gasteiger partial charge in [-0.25, -0.2) is 0 Å². The lowest BCUT2D eigenvalue weighted by Crippen LogP contribution is -2.46. The predicted octanol–water partition coefficient (Wildman–Crippen LogP) is 0.248. The number of carbonyl (C=O) groups is 1. The summed E-state index contributed by atoms with van der Waals surface area (Å²) in [4.78, 5) is 14.0. The largest absolute Gasteiger partial charge is 0.465 e. The van der Waals surface area contributed by atoms with E-state index >= 15 is 0 Å². The van der Waals surface area contributed by atoms with Crippen molar-refractivity contribution in [3.63, 3.8) is 0 Å². The molecule has 1 rings (SSSR count). The summed E-state index contributed by atoms with van der Waals surface area (Å²) < 4.78 is 10.4. The van der Waals surface area contributed by atoms with Gasteiger partial charge >= 0.3 is 5.97 Å². The Morgan fingerprint density at radius 3 is 3.00 bits per heavy atom. The Morgan fingerprint density at radius 1 is 1.65 bits per heavy atom. The first-order valence-corrected chi connectivity index (χ1v) is 6.34. The van der Waals surface area contributed by atoms with Crippen LogP contribution in [0.4, 0.5) is 0 Å². The summed E-state index contributed by atoms with van der Waals surface area (Å²) in [6.45, 7) is 7.82. The van der Waals surface area contributed by atoms with Crippen molar-refractivity contribution in [2.75, 3.05) is 40.0 Å². The molecule has 1 heterocycles. The number of ether oxygens (including phenoxy) is 2. The molecule has 1 aliphatic rings. The van der Waals surface area contributed by atoms with Crippen molar-refractivity contribution in [2.24, 2.45) is 0 Å². The molecule has 0 aliphatic carbocycles. The maximum Gasteiger partial charge on any atom is 0.323 e. The minimum absolute atomic E-state index is 0.157. The zero-order valence-corrected chi connectivity index (χ0v) is 11.1. The van der Waals surface area contributed by atoms with Gasteiger partial charge in [0.1, 0.15) is 6.04 Å². The molecule has 0 aromatic carbocycles. The molecule has 1 N–H and O–H groups in total. The van der Waals surface area contributed by atoms with Crippen LogP contribution in [0.1, 0.15) is 20.3 Å². The molecule has 0 saturated carbocycles. The lowest BCUT2D eigenvalue weighted by Gasteiger charge is -2.33. The van der Waals surface area contributed by atoms with Gasteiger partial charge in [-0.05, 0) is 27.3 Å². The van der Waals surface area contributed by atoms with Crippen molar-refractivity contribution < 1.29 is 14.3 Å². The molecular weight excluding hydrogens is 220 g/mol. The first kappa shape index (κ1) is 14.4. The molecule has 0 amide bonds. The highest BCUT2D eigenvalue weighted by Crippen LogP contribution is 2.08. The number of hydrogen-bond acceptors (Lipinski definition) is 5. The van der Waals surface area contributed by atoms with E-state index in [1.54, 1.807) is 7.05 Å². The summed E-state index contributed by atoms with van der Waals surface area (Å²) in [5.74, 6) is -0.157. The van der Waals surface area contributed by atoms with Gasteiger partial charge in [-0.15, -0.1) is 0 Å². The zero-order valence-electron chi connectivity index (χ0n) is 11.1. The van der Waals surface area contributed by atoms with Crippen LogP contribution in [-0.4, -0.2) is 62.9 Å². The lowest BCUT2D eigenvalue weighted by molar-refractivity contribution is -0.145. The molecule has 1 saturated heterocycles. The van der Waals surface area contributed by atoms with E-state index in [0.29, 0.717) is 12.6 Å². The molecule has 17 heavy (non-hydrogen) atoms. The van der Waals surface area contributed by atoms with E-state index in [2.05, 4.69) is 17.1 Å². The molecule has 2 atom stereocenters. The Bertz CT molecular complexity index is 236. The second-order valence-corrected chi connectivity index (χ2v) is 4.34. The molecular formula is C12H24N2O3. The molecule has 1 aliphatic heterocycles. The first-order valence-electron chi connectivity index (χ1n) is 6.34. The number of carbonyl (C=O) groups excluding carboxylic acids is 1. The van der Waals surface area contributed by atoms with E-state index in [9.17, 15) is 4.79 Å². The fourth-order valence-corrected chi connectivity index (χ4v) is 2.01. The van der Waals surface area contributed by atoms with Crippen LogP contribution in [0, 0.1) is 0 Å². The monoisotopic (exact) mass is 244 g/mol. The highest BCUT2D eigenvalue weighted by Gasteiger charge is 2.22. The van der Waals surface area contributed by atoms with E-state index in [1.807, 2.05) is 6.92 Å². The highest BCUT2D eigenvalue weighted by atomic mass is 16.5. The van der Waals surface area contributed by atoms with Gasteiger partial charge in [-0.3, -0.25) is 9.69 Å². The Labute approximate surface area is 103 Å². The van der Waals surface area contributed by atoms with Crippen LogP contribution >= 0.6 is 0 Å². The Hall–Kier alpha value is -0.650. The Balaban J connectivity index is 2.33. The standard InChI is InChI=1S/C12H24N2O3/c1-4-17-12(15)11(13-3)5-6-14-7-8-16-9-10(14)2/h10-11,13H,4-9H2,1-3H3. The van der Waals surface area contributed by atoms with Gasteiger partial charge in [-0.1, -0.05) is 0 Å². The van der Waals surface area contributed by atoms with E-state index < -0.39 is 0 Å². The first-order chi connectivity index (χ1) is 8.19. The molecule has 2 unspecified atom stereocenters. The second kappa shape index (κ2) is 7.63. The minimum atomic E-state index is -0.204. The van der Waals surface area contributed by atoms with Crippen LogP contribution in [0.15, 0.2) is 0 Å². The predicted molar refractivity (Wildman–Crippen MR) is 66.0 cm³/mol. The van der Waals surface area contributed by atoms with Gasteiger partial charge in [0.05, 0.1) is 19.8 Å². The van der Waals surface area contributed by atoms with Gasteiger partial charge < -0.3 is 14.8 Å². The minimum Gasteiger partial charge on any atom is -0.465 e. The third-order valence-electron chi connectivity index (χ3n) is 3.13. The van der Waals surface area contributed by atoms with Crippen LogP contribution in [0.5, 0.6) is 0 Å². The van der Waals surface area contributed by atoms with Crippen LogP contribution in [0.25, 0.3) is 0 Å². The molecule has 5 nitrogen and oxygen atoms in total. The molecule has 0 radical (unpaired) electrons. The zero-order chi connectivity index (χ0) is 12.7. The Kier molecular flexibility index (Phi) is 6.47. The lowest BCUT2D eigenvalue weighted by atomic mass is 10.1. The summed E-state index contributed by atoms with van der Waals surface area (Å²) in [7, 11) is 1.80. The number of hydrogen-bond donors (Lipinski definition) is 1. The fourth-order valence-electron chi connectivity index (χ4n) is 2.01. The third kappa shape index (κ3) is 4.61. The molecule has 0 aromatic heterocycles. The van der Waals surface area contributed by atoms with Gasteiger partial charge in [0.15, 0.2) is 0 Å². The van der Waals surface area contributed by atoms with Gasteiger partial charge in [0, 0.05) is 19.1 Å². The number of nitrogens with one attached hydrogen (secondary N) is 1. The fraction of sp³-hybridized carbons (Fsp3) is 0.917. The average molecular weight is 244 g/mol. The van der Waals surface area contributed by atoms with Gasteiger partial charge in [0.2, 0.25) is 0 Å². The van der Waals surface area contributed by atoms with Crippen molar-refractivity contribution >= 4 is 5.97 Å². The normalized spacial score (nSPS) is 23.4. The van der Waals surface area contributed by atoms with Crippen molar-refractivity contribution in [1.29, 1.82) is 0 Å². The van der Waals surface area contributed by atoms with E-state index in [4.69, 9.17) is 9.47 Å². The quantitative estimate of drug-likeness (QED) is 0.679. The molecule has 0 bridgehead atoms. The van der Waals surface area contributed by atoms with E-state index in [-0.39, 0.29) is 12.0 Å². The number of likely N-dealkylation sites (N-methyl/N-ethyl adjacent to an activating group) is 1. The topological polar surface area (TPSA) is 50.8 Å². The van der Waals surface area contributed by atoms with Crippen LogP contribution in [0.2, 0.25) is 0 Å². The van der Waals surface area contributed by atoms with E-state index in [1.165, 1.54) is 0 Å². The number of morpholine rings is 1. The summed E-state index contributed by atoms with van der Waals surface area (Å²) in [5.41, 5.74) is 0. The van der Waals surface area contributed by atoms with Crippen LogP contribution in [-0.2, 0) is 14.3 Å². The summed E-state index contributed by atoms with van der Waals surface area (Å²) >= 11 is 0. The van der Waals surface area contributed by atoms with Crippen molar-refractivity contribution in [3.05, 3.63) is 0 Å². The van der Waals surface area contributed by atoms with Gasteiger partial charge in [0.25, 0.3) is 0 Å². The molecule has 0 spiro atoms. The van der Waals surface area contributed by atoms with Crippen LogP contribution < -0.4 is 5.32 Å². The third-order valence-corrected chi connectivity index (χ3v) is 3.13. The number of esters is 1. The van der Waals surface area contributed by atoms with Crippen molar-refractivity contribution in [2.45, 2.75) is 32.4 Å². The SMILES string of the molecule is CCOC(=O)C(CCN1CCOCC1C)NC.